The van der Waals surface area contributed by atoms with E-state index in [0.717, 1.165) is 25.9 Å². The van der Waals surface area contributed by atoms with Crippen LogP contribution in [0.15, 0.2) is 0 Å². The molecule has 0 aromatic carbocycles. The van der Waals surface area contributed by atoms with Gasteiger partial charge in [-0.1, -0.05) is 39.5 Å². The molecule has 0 saturated heterocycles. The third kappa shape index (κ3) is 6.39. The molecule has 0 radical (unpaired) electrons. The Kier molecular flexibility index (Phi) is 8.07. The van der Waals surface area contributed by atoms with E-state index >= 15 is 0 Å². The first-order valence-corrected chi connectivity index (χ1v) is 7.75. The fourth-order valence-corrected chi connectivity index (χ4v) is 2.23. The molecule has 0 aliphatic heterocycles. The van der Waals surface area contributed by atoms with Crippen LogP contribution < -0.4 is 4.90 Å². The Morgan fingerprint density at radius 1 is 0.789 bits per heavy atom. The minimum absolute atomic E-state index is 0.158. The predicted molar refractivity (Wildman–Crippen MR) is 81.1 cm³/mol. The molecule has 0 amide bonds. The molecule has 1 aromatic rings. The average molecular weight is 305 g/mol. The number of hydrogen-bond donors (Lipinski definition) is 0. The number of anilines is 1. The molecule has 1 heterocycles. The monoisotopic (exact) mass is 304 g/mol. The van der Waals surface area contributed by atoms with E-state index in [2.05, 4.69) is 33.7 Å². The number of hydrogen-bond acceptors (Lipinski definition) is 4. The second kappa shape index (κ2) is 9.32. The SMILES string of the molecule is CCCCCN(CCCCC)c1nc(Cl)nc(Cl)n1. The first-order chi connectivity index (χ1) is 9.17. The Labute approximate surface area is 125 Å². The maximum Gasteiger partial charge on any atom is 0.230 e. The molecule has 0 aliphatic carbocycles. The van der Waals surface area contributed by atoms with Crippen molar-refractivity contribution in [2.75, 3.05) is 18.0 Å². The smallest absolute Gasteiger partial charge is 0.230 e. The molecule has 0 fully saturated rings. The lowest BCUT2D eigenvalue weighted by Crippen LogP contribution is -2.28. The largest absolute Gasteiger partial charge is 0.341 e. The van der Waals surface area contributed by atoms with E-state index in [0.29, 0.717) is 5.95 Å². The van der Waals surface area contributed by atoms with Crippen LogP contribution >= 0.6 is 23.2 Å². The van der Waals surface area contributed by atoms with Crippen molar-refractivity contribution in [3.8, 4) is 0 Å². The number of halogens is 2. The Hall–Kier alpha value is -0.610. The maximum absolute atomic E-state index is 5.84. The number of unbranched alkanes of at least 4 members (excludes halogenated alkanes) is 4. The van der Waals surface area contributed by atoms with Crippen LogP contribution in [-0.2, 0) is 0 Å². The molecular formula is C13H22Cl2N4. The van der Waals surface area contributed by atoms with E-state index in [-0.39, 0.29) is 10.6 Å². The van der Waals surface area contributed by atoms with Gasteiger partial charge in [-0.05, 0) is 36.0 Å². The minimum Gasteiger partial charge on any atom is -0.341 e. The summed E-state index contributed by atoms with van der Waals surface area (Å²) in [5.74, 6) is 0.595. The van der Waals surface area contributed by atoms with Gasteiger partial charge in [0.25, 0.3) is 0 Å². The van der Waals surface area contributed by atoms with Crippen molar-refractivity contribution >= 4 is 29.2 Å². The zero-order valence-electron chi connectivity index (χ0n) is 11.7. The van der Waals surface area contributed by atoms with E-state index in [1.165, 1.54) is 25.7 Å². The normalized spacial score (nSPS) is 10.7. The lowest BCUT2D eigenvalue weighted by Gasteiger charge is -2.22. The van der Waals surface area contributed by atoms with Gasteiger partial charge < -0.3 is 4.90 Å². The molecule has 6 heteroatoms. The predicted octanol–water partition coefficient (Wildman–Crippen LogP) is 4.37. The fourth-order valence-electron chi connectivity index (χ4n) is 1.87. The van der Waals surface area contributed by atoms with Gasteiger partial charge in [-0.2, -0.15) is 15.0 Å². The molecule has 0 N–H and O–H groups in total. The highest BCUT2D eigenvalue weighted by Gasteiger charge is 2.11. The van der Waals surface area contributed by atoms with Crippen LogP contribution in [0.2, 0.25) is 10.6 Å². The first kappa shape index (κ1) is 16.4. The van der Waals surface area contributed by atoms with Gasteiger partial charge in [0, 0.05) is 13.1 Å². The zero-order chi connectivity index (χ0) is 14.1. The first-order valence-electron chi connectivity index (χ1n) is 6.99. The van der Waals surface area contributed by atoms with Gasteiger partial charge in [0.1, 0.15) is 0 Å². The average Bonchev–Trinajstić information content (AvgIpc) is 2.36. The Balaban J connectivity index is 2.69. The highest BCUT2D eigenvalue weighted by atomic mass is 35.5. The molecule has 1 rings (SSSR count). The Morgan fingerprint density at radius 2 is 1.26 bits per heavy atom. The third-order valence-electron chi connectivity index (χ3n) is 2.92. The van der Waals surface area contributed by atoms with Crippen molar-refractivity contribution in [1.82, 2.24) is 15.0 Å². The lowest BCUT2D eigenvalue weighted by atomic mass is 10.2. The standard InChI is InChI=1S/C13H22Cl2N4/c1-3-5-7-9-19(10-8-6-4-2)13-17-11(14)16-12(15)18-13/h3-10H2,1-2H3. The summed E-state index contributed by atoms with van der Waals surface area (Å²) in [4.78, 5) is 14.3. The van der Waals surface area contributed by atoms with Crippen LogP contribution in [0.25, 0.3) is 0 Å². The van der Waals surface area contributed by atoms with E-state index in [1.54, 1.807) is 0 Å². The Morgan fingerprint density at radius 3 is 1.68 bits per heavy atom. The molecule has 108 valence electrons. The summed E-state index contributed by atoms with van der Waals surface area (Å²) in [5.41, 5.74) is 0. The molecule has 0 spiro atoms. The highest BCUT2D eigenvalue weighted by molar-refractivity contribution is 6.31. The van der Waals surface area contributed by atoms with Crippen LogP contribution in [0.5, 0.6) is 0 Å². The molecule has 0 bridgehead atoms. The number of rotatable bonds is 9. The van der Waals surface area contributed by atoms with Gasteiger partial charge >= 0.3 is 0 Å². The molecule has 19 heavy (non-hydrogen) atoms. The third-order valence-corrected chi connectivity index (χ3v) is 3.25. The summed E-state index contributed by atoms with van der Waals surface area (Å²) in [7, 11) is 0. The highest BCUT2D eigenvalue weighted by Crippen LogP contribution is 2.15. The number of aromatic nitrogens is 3. The van der Waals surface area contributed by atoms with Crippen LogP contribution in [0, 0.1) is 0 Å². The van der Waals surface area contributed by atoms with Crippen molar-refractivity contribution in [1.29, 1.82) is 0 Å². The van der Waals surface area contributed by atoms with Crippen molar-refractivity contribution in [3.63, 3.8) is 0 Å². The summed E-state index contributed by atoms with van der Waals surface area (Å²) in [6.45, 7) is 6.26. The van der Waals surface area contributed by atoms with E-state index in [1.807, 2.05) is 0 Å². The van der Waals surface area contributed by atoms with Crippen LogP contribution in [-0.4, -0.2) is 28.0 Å². The maximum atomic E-state index is 5.84. The molecule has 0 aliphatic rings. The minimum atomic E-state index is 0.158. The van der Waals surface area contributed by atoms with E-state index in [9.17, 15) is 0 Å². The summed E-state index contributed by atoms with van der Waals surface area (Å²) >= 11 is 11.7. The van der Waals surface area contributed by atoms with Crippen LogP contribution in [0.1, 0.15) is 52.4 Å². The van der Waals surface area contributed by atoms with Crippen molar-refractivity contribution in [3.05, 3.63) is 10.6 Å². The van der Waals surface area contributed by atoms with Gasteiger partial charge in [-0.15, -0.1) is 0 Å². The molecule has 0 unspecified atom stereocenters. The Bertz CT molecular complexity index is 343. The molecule has 0 atom stereocenters. The number of nitrogens with zero attached hydrogens (tertiary/aromatic N) is 4. The summed E-state index contributed by atoms with van der Waals surface area (Å²) in [5, 5.41) is 0.317. The molecule has 1 aromatic heterocycles. The molecule has 4 nitrogen and oxygen atoms in total. The van der Waals surface area contributed by atoms with Crippen LogP contribution in [0.3, 0.4) is 0 Å². The molecule has 0 saturated carbocycles. The van der Waals surface area contributed by atoms with Gasteiger partial charge in [0.15, 0.2) is 0 Å². The van der Waals surface area contributed by atoms with Crippen molar-refractivity contribution in [2.24, 2.45) is 0 Å². The fraction of sp³-hybridized carbons (Fsp3) is 0.769. The van der Waals surface area contributed by atoms with E-state index < -0.39 is 0 Å². The van der Waals surface area contributed by atoms with Crippen LogP contribution in [0.4, 0.5) is 5.95 Å². The second-order valence-electron chi connectivity index (χ2n) is 4.57. The van der Waals surface area contributed by atoms with Crippen molar-refractivity contribution in [2.45, 2.75) is 52.4 Å². The summed E-state index contributed by atoms with van der Waals surface area (Å²) in [6.07, 6.45) is 7.06. The van der Waals surface area contributed by atoms with Gasteiger partial charge in [0.2, 0.25) is 16.5 Å². The lowest BCUT2D eigenvalue weighted by molar-refractivity contribution is 0.625. The van der Waals surface area contributed by atoms with E-state index in [4.69, 9.17) is 23.2 Å². The second-order valence-corrected chi connectivity index (χ2v) is 5.25. The van der Waals surface area contributed by atoms with Gasteiger partial charge in [-0.3, -0.25) is 0 Å². The zero-order valence-corrected chi connectivity index (χ0v) is 13.2. The molecular weight excluding hydrogens is 283 g/mol. The van der Waals surface area contributed by atoms with Crippen molar-refractivity contribution < 1.29 is 0 Å². The summed E-state index contributed by atoms with van der Waals surface area (Å²) < 4.78 is 0. The summed E-state index contributed by atoms with van der Waals surface area (Å²) in [6, 6.07) is 0. The quantitative estimate of drug-likeness (QED) is 0.635. The topological polar surface area (TPSA) is 41.9 Å². The van der Waals surface area contributed by atoms with Gasteiger partial charge in [-0.25, -0.2) is 0 Å². The van der Waals surface area contributed by atoms with Gasteiger partial charge in [0.05, 0.1) is 0 Å².